The maximum Gasteiger partial charge on any atom is 0.418 e. The molecule has 6 heteroatoms. The predicted molar refractivity (Wildman–Crippen MR) is 73.4 cm³/mol. The van der Waals surface area contributed by atoms with Crippen molar-refractivity contribution in [3.63, 3.8) is 0 Å². The van der Waals surface area contributed by atoms with Crippen LogP contribution in [-0.2, 0) is 14.3 Å². The zero-order valence-electron chi connectivity index (χ0n) is 11.0. The van der Waals surface area contributed by atoms with Gasteiger partial charge in [-0.1, -0.05) is 12.2 Å². The first-order valence-electron chi connectivity index (χ1n) is 6.23. The van der Waals surface area contributed by atoms with E-state index in [2.05, 4.69) is 0 Å². The fraction of sp³-hybridized carbons (Fsp3) is 0.286. The number of nitrogens with zero attached hydrogens (tertiary/aromatic N) is 1. The van der Waals surface area contributed by atoms with Gasteiger partial charge in [-0.3, -0.25) is 9.69 Å². The summed E-state index contributed by atoms with van der Waals surface area (Å²) in [6.07, 6.45) is 8.76. The van der Waals surface area contributed by atoms with Crippen molar-refractivity contribution in [2.24, 2.45) is 0 Å². The monoisotopic (exact) mass is 295 g/mol. The molecule has 20 heavy (non-hydrogen) atoms. The first-order valence-corrected chi connectivity index (χ1v) is 6.61. The third-order valence-corrected chi connectivity index (χ3v) is 3.03. The predicted octanol–water partition coefficient (Wildman–Crippen LogP) is 3.20. The van der Waals surface area contributed by atoms with Gasteiger partial charge in [-0.05, 0) is 31.4 Å². The van der Waals surface area contributed by atoms with Gasteiger partial charge in [0.25, 0.3) is 5.24 Å². The summed E-state index contributed by atoms with van der Waals surface area (Å²) in [6, 6.07) is 0. The Bertz CT molecular complexity index is 545. The summed E-state index contributed by atoms with van der Waals surface area (Å²) in [5.74, 6) is 0.425. The highest BCUT2D eigenvalue weighted by Crippen LogP contribution is 2.29. The molecule has 0 atom stereocenters. The topological polar surface area (TPSA) is 55.8 Å². The van der Waals surface area contributed by atoms with Crippen LogP contribution in [0, 0.1) is 0 Å². The van der Waals surface area contributed by atoms with E-state index in [0.29, 0.717) is 23.3 Å². The van der Waals surface area contributed by atoms with Crippen LogP contribution in [0.2, 0.25) is 0 Å². The van der Waals surface area contributed by atoms with Crippen LogP contribution in [0.15, 0.2) is 47.7 Å². The van der Waals surface area contributed by atoms with Crippen LogP contribution in [-0.4, -0.2) is 22.8 Å². The number of carbonyl (C=O) groups is 2. The summed E-state index contributed by atoms with van der Waals surface area (Å²) in [5, 5.41) is -0.544. The molecule has 106 valence electrons. The average Bonchev–Trinajstić information content (AvgIpc) is 2.47. The van der Waals surface area contributed by atoms with Crippen molar-refractivity contribution < 1.29 is 19.1 Å². The minimum Gasteiger partial charge on any atom is -0.462 e. The van der Waals surface area contributed by atoms with E-state index < -0.39 is 11.3 Å². The highest BCUT2D eigenvalue weighted by Gasteiger charge is 2.22. The quantitative estimate of drug-likeness (QED) is 0.750. The molecule has 1 aliphatic heterocycles. The van der Waals surface area contributed by atoms with E-state index >= 15 is 0 Å². The van der Waals surface area contributed by atoms with Crippen LogP contribution < -0.4 is 0 Å². The number of allylic oxidation sites excluding steroid dienone is 4. The number of amides is 1. The number of hydrogen-bond acceptors (Lipinski definition) is 4. The van der Waals surface area contributed by atoms with Gasteiger partial charge < -0.3 is 9.47 Å². The minimum atomic E-state index is -0.544. The van der Waals surface area contributed by atoms with E-state index in [0.717, 1.165) is 6.42 Å². The number of ether oxygens (including phenoxy) is 2. The number of rotatable bonds is 3. The Hall–Kier alpha value is -2.01. The molecule has 1 heterocycles. The fourth-order valence-corrected chi connectivity index (χ4v) is 2.11. The van der Waals surface area contributed by atoms with Crippen molar-refractivity contribution in [1.29, 1.82) is 0 Å². The summed E-state index contributed by atoms with van der Waals surface area (Å²) in [4.78, 5) is 24.4. The molecule has 1 aliphatic carbocycles. The van der Waals surface area contributed by atoms with Crippen LogP contribution in [0.1, 0.15) is 19.8 Å². The van der Waals surface area contributed by atoms with Gasteiger partial charge in [0, 0.05) is 11.1 Å². The van der Waals surface area contributed by atoms with E-state index in [4.69, 9.17) is 21.1 Å². The summed E-state index contributed by atoms with van der Waals surface area (Å²) in [6.45, 7) is 2.01. The maximum atomic E-state index is 11.7. The van der Waals surface area contributed by atoms with Crippen LogP contribution in [0.5, 0.6) is 0 Å². The molecular weight excluding hydrogens is 282 g/mol. The zero-order chi connectivity index (χ0) is 14.5. The highest BCUT2D eigenvalue weighted by molar-refractivity contribution is 6.68. The van der Waals surface area contributed by atoms with E-state index in [9.17, 15) is 9.59 Å². The van der Waals surface area contributed by atoms with Crippen LogP contribution in [0.25, 0.3) is 0 Å². The standard InChI is InChI=1S/C14H14ClNO4/c1-2-19-14(18)16-7-8-20-12(9-16)10-5-3-4-6-11(10)13(15)17/h4,6-9H,2-3,5H2,1H3. The van der Waals surface area contributed by atoms with Gasteiger partial charge in [0.2, 0.25) is 0 Å². The molecule has 5 nitrogen and oxygen atoms in total. The van der Waals surface area contributed by atoms with Crippen LogP contribution in [0.3, 0.4) is 0 Å². The van der Waals surface area contributed by atoms with Crippen molar-refractivity contribution in [2.45, 2.75) is 19.8 Å². The van der Waals surface area contributed by atoms with Crippen molar-refractivity contribution in [3.8, 4) is 0 Å². The van der Waals surface area contributed by atoms with Gasteiger partial charge >= 0.3 is 6.09 Å². The third-order valence-electron chi connectivity index (χ3n) is 2.83. The summed E-state index contributed by atoms with van der Waals surface area (Å²) in [5.41, 5.74) is 1.08. The molecule has 0 aromatic rings. The molecule has 2 rings (SSSR count). The van der Waals surface area contributed by atoms with Crippen LogP contribution in [0.4, 0.5) is 4.79 Å². The average molecular weight is 296 g/mol. The molecule has 0 fully saturated rings. The summed E-state index contributed by atoms with van der Waals surface area (Å²) < 4.78 is 10.3. The first kappa shape index (κ1) is 14.4. The van der Waals surface area contributed by atoms with Gasteiger partial charge in [-0.2, -0.15) is 0 Å². The second kappa shape index (κ2) is 6.43. The van der Waals surface area contributed by atoms with E-state index in [-0.39, 0.29) is 6.61 Å². The van der Waals surface area contributed by atoms with Gasteiger partial charge in [-0.25, -0.2) is 4.79 Å². The van der Waals surface area contributed by atoms with Crippen molar-refractivity contribution in [1.82, 2.24) is 4.90 Å². The molecule has 0 N–H and O–H groups in total. The number of hydrogen-bond donors (Lipinski definition) is 0. The molecule has 2 aliphatic rings. The lowest BCUT2D eigenvalue weighted by Crippen LogP contribution is -2.24. The molecule has 0 aromatic heterocycles. The van der Waals surface area contributed by atoms with Gasteiger partial charge in [0.15, 0.2) is 0 Å². The summed E-state index contributed by atoms with van der Waals surface area (Å²) in [7, 11) is 0. The Labute approximate surface area is 121 Å². The Morgan fingerprint density at radius 2 is 2.30 bits per heavy atom. The number of carbonyl (C=O) groups excluding carboxylic acids is 2. The Balaban J connectivity index is 2.29. The fourth-order valence-electron chi connectivity index (χ4n) is 1.93. The minimum absolute atomic E-state index is 0.282. The second-order valence-corrected chi connectivity index (χ2v) is 4.45. The lowest BCUT2D eigenvalue weighted by Gasteiger charge is -2.22. The normalized spacial score (nSPS) is 17.7. The van der Waals surface area contributed by atoms with Crippen molar-refractivity contribution >= 4 is 22.9 Å². The summed E-state index contributed by atoms with van der Waals surface area (Å²) >= 11 is 5.57. The highest BCUT2D eigenvalue weighted by atomic mass is 35.5. The first-order chi connectivity index (χ1) is 9.63. The van der Waals surface area contributed by atoms with E-state index in [1.54, 1.807) is 13.0 Å². The molecule has 0 unspecified atom stereocenters. The molecule has 0 spiro atoms. The van der Waals surface area contributed by atoms with Crippen LogP contribution >= 0.6 is 11.6 Å². The molecular formula is C14H14ClNO4. The molecule has 0 radical (unpaired) electrons. The lowest BCUT2D eigenvalue weighted by molar-refractivity contribution is -0.108. The largest absolute Gasteiger partial charge is 0.462 e. The second-order valence-electron chi connectivity index (χ2n) is 4.11. The molecule has 0 aromatic carbocycles. The molecule has 0 saturated carbocycles. The molecule has 0 bridgehead atoms. The zero-order valence-corrected chi connectivity index (χ0v) is 11.7. The smallest absolute Gasteiger partial charge is 0.418 e. The van der Waals surface area contributed by atoms with Crippen molar-refractivity contribution in [3.05, 3.63) is 47.7 Å². The molecule has 0 saturated heterocycles. The van der Waals surface area contributed by atoms with Crippen molar-refractivity contribution in [2.75, 3.05) is 6.61 Å². The van der Waals surface area contributed by atoms with Gasteiger partial charge in [0.1, 0.15) is 12.0 Å². The Morgan fingerprint density at radius 1 is 1.50 bits per heavy atom. The van der Waals surface area contributed by atoms with E-state index in [1.807, 2.05) is 6.08 Å². The van der Waals surface area contributed by atoms with Gasteiger partial charge in [-0.15, -0.1) is 0 Å². The van der Waals surface area contributed by atoms with E-state index in [1.165, 1.54) is 23.6 Å². The third kappa shape index (κ3) is 3.11. The Kier molecular flexibility index (Phi) is 4.63. The lowest BCUT2D eigenvalue weighted by atomic mass is 9.96. The Morgan fingerprint density at radius 3 is 3.00 bits per heavy atom. The maximum absolute atomic E-state index is 11.7. The number of halogens is 1. The van der Waals surface area contributed by atoms with Gasteiger partial charge in [0.05, 0.1) is 19.0 Å². The SMILES string of the molecule is CCOC(=O)N1C=COC(C2=C(C(=O)Cl)C=CCC2)=C1. The molecule has 1 amide bonds.